The highest BCUT2D eigenvalue weighted by Gasteiger charge is 2.13. The molecule has 0 aliphatic heterocycles. The van der Waals surface area contributed by atoms with E-state index in [1.54, 1.807) is 23.5 Å². The molecule has 0 aliphatic carbocycles. The van der Waals surface area contributed by atoms with E-state index in [-0.39, 0.29) is 6.04 Å². The van der Waals surface area contributed by atoms with Crippen molar-refractivity contribution >= 4 is 28.6 Å². The zero-order valence-corrected chi connectivity index (χ0v) is 11.6. The minimum absolute atomic E-state index is 0.0177. The van der Waals surface area contributed by atoms with Crippen molar-refractivity contribution in [3.63, 3.8) is 0 Å². The summed E-state index contributed by atoms with van der Waals surface area (Å²) in [5.74, 6) is -0.529. The number of aryl methyl sites for hydroxylation is 1. The van der Waals surface area contributed by atoms with E-state index in [9.17, 15) is 4.79 Å². The van der Waals surface area contributed by atoms with Gasteiger partial charge in [-0.15, -0.1) is 11.3 Å². The van der Waals surface area contributed by atoms with Crippen molar-refractivity contribution in [2.24, 2.45) is 5.73 Å². The van der Waals surface area contributed by atoms with Crippen molar-refractivity contribution in [2.75, 3.05) is 11.1 Å². The molecule has 0 spiro atoms. The second-order valence-electron chi connectivity index (χ2n) is 4.31. The van der Waals surface area contributed by atoms with Crippen LogP contribution in [0.25, 0.3) is 0 Å². The number of anilines is 2. The molecule has 100 valence electrons. The Hall–Kier alpha value is -2.08. The van der Waals surface area contributed by atoms with Crippen molar-refractivity contribution in [3.8, 4) is 0 Å². The molecule has 1 aromatic heterocycles. The van der Waals surface area contributed by atoms with E-state index in [0.717, 1.165) is 9.88 Å². The molecule has 1 atom stereocenters. The lowest BCUT2D eigenvalue weighted by Gasteiger charge is -2.15. The SMILES string of the molecule is Cc1cnc(C(C)Nc2cccc(C(N)=O)c2N)s1. The molecule has 19 heavy (non-hydrogen) atoms. The van der Waals surface area contributed by atoms with Crippen molar-refractivity contribution < 1.29 is 4.79 Å². The standard InChI is InChI=1S/C13H16N4OS/c1-7-6-16-13(19-7)8(2)17-10-5-3-4-9(11(10)14)12(15)18/h3-6,8,17H,14H2,1-2H3,(H2,15,18). The molecule has 1 unspecified atom stereocenters. The summed E-state index contributed by atoms with van der Waals surface area (Å²) < 4.78 is 0. The van der Waals surface area contributed by atoms with Crippen molar-refractivity contribution in [3.05, 3.63) is 39.8 Å². The fourth-order valence-electron chi connectivity index (χ4n) is 1.77. The van der Waals surface area contributed by atoms with Gasteiger partial charge in [0.05, 0.1) is 23.0 Å². The maximum absolute atomic E-state index is 11.2. The Labute approximate surface area is 115 Å². The summed E-state index contributed by atoms with van der Waals surface area (Å²) in [7, 11) is 0. The molecule has 0 saturated carbocycles. The first kappa shape index (κ1) is 13.4. The molecule has 1 amide bonds. The van der Waals surface area contributed by atoms with Crippen LogP contribution in [0.1, 0.15) is 33.2 Å². The number of carbonyl (C=O) groups excluding carboxylic acids is 1. The number of thiazole rings is 1. The number of amides is 1. The van der Waals surface area contributed by atoms with Crippen molar-refractivity contribution in [1.29, 1.82) is 0 Å². The summed E-state index contributed by atoms with van der Waals surface area (Å²) in [5.41, 5.74) is 12.6. The number of primary amides is 1. The van der Waals surface area contributed by atoms with Gasteiger partial charge in [0.15, 0.2) is 0 Å². The number of hydrogen-bond acceptors (Lipinski definition) is 5. The van der Waals surface area contributed by atoms with Crippen LogP contribution in [-0.2, 0) is 0 Å². The molecule has 2 rings (SSSR count). The van der Waals surface area contributed by atoms with Crippen LogP contribution in [0, 0.1) is 6.92 Å². The van der Waals surface area contributed by atoms with Crippen LogP contribution >= 0.6 is 11.3 Å². The molecule has 2 aromatic rings. The van der Waals surface area contributed by atoms with E-state index >= 15 is 0 Å². The van der Waals surface area contributed by atoms with Gasteiger partial charge in [-0.2, -0.15) is 0 Å². The second kappa shape index (κ2) is 5.27. The molecule has 0 radical (unpaired) electrons. The van der Waals surface area contributed by atoms with E-state index in [1.807, 2.05) is 26.1 Å². The summed E-state index contributed by atoms with van der Waals surface area (Å²) >= 11 is 1.63. The van der Waals surface area contributed by atoms with Crippen LogP contribution in [0.2, 0.25) is 0 Å². The molecule has 1 heterocycles. The van der Waals surface area contributed by atoms with Gasteiger partial charge in [-0.05, 0) is 26.0 Å². The van der Waals surface area contributed by atoms with E-state index in [1.165, 1.54) is 0 Å². The zero-order valence-electron chi connectivity index (χ0n) is 10.8. The third-order valence-corrected chi connectivity index (χ3v) is 3.85. The minimum atomic E-state index is -0.529. The predicted molar refractivity (Wildman–Crippen MR) is 78.3 cm³/mol. The van der Waals surface area contributed by atoms with Crippen LogP contribution in [0.3, 0.4) is 0 Å². The summed E-state index contributed by atoms with van der Waals surface area (Å²) in [6.07, 6.45) is 1.83. The molecule has 1 aromatic carbocycles. The molecule has 0 bridgehead atoms. The molecule has 0 aliphatic rings. The number of carbonyl (C=O) groups is 1. The topological polar surface area (TPSA) is 94.0 Å². The van der Waals surface area contributed by atoms with Gasteiger partial charge >= 0.3 is 0 Å². The van der Waals surface area contributed by atoms with Gasteiger partial charge in [-0.25, -0.2) is 4.98 Å². The zero-order chi connectivity index (χ0) is 14.0. The van der Waals surface area contributed by atoms with Gasteiger partial charge < -0.3 is 16.8 Å². The third-order valence-electron chi connectivity index (χ3n) is 2.75. The van der Waals surface area contributed by atoms with Crippen LogP contribution in [0.15, 0.2) is 24.4 Å². The maximum atomic E-state index is 11.2. The lowest BCUT2D eigenvalue weighted by atomic mass is 10.1. The molecule has 6 heteroatoms. The number of hydrogen-bond donors (Lipinski definition) is 3. The van der Waals surface area contributed by atoms with Crippen LogP contribution in [-0.4, -0.2) is 10.9 Å². The molecular weight excluding hydrogens is 260 g/mol. The van der Waals surface area contributed by atoms with E-state index in [4.69, 9.17) is 11.5 Å². The molecule has 0 saturated heterocycles. The maximum Gasteiger partial charge on any atom is 0.250 e. The highest BCUT2D eigenvalue weighted by molar-refractivity contribution is 7.11. The number of para-hydroxylation sites is 1. The van der Waals surface area contributed by atoms with Gasteiger partial charge in [-0.1, -0.05) is 6.07 Å². The van der Waals surface area contributed by atoms with Crippen LogP contribution in [0.5, 0.6) is 0 Å². The lowest BCUT2D eigenvalue weighted by Crippen LogP contribution is -2.15. The highest BCUT2D eigenvalue weighted by Crippen LogP contribution is 2.28. The van der Waals surface area contributed by atoms with Gasteiger partial charge in [-0.3, -0.25) is 4.79 Å². The van der Waals surface area contributed by atoms with Gasteiger partial charge in [0.2, 0.25) is 0 Å². The largest absolute Gasteiger partial charge is 0.396 e. The first-order valence-electron chi connectivity index (χ1n) is 5.86. The summed E-state index contributed by atoms with van der Waals surface area (Å²) in [5, 5.41) is 4.22. The van der Waals surface area contributed by atoms with Crippen LogP contribution in [0.4, 0.5) is 11.4 Å². The Morgan fingerprint density at radius 1 is 1.47 bits per heavy atom. The summed E-state index contributed by atoms with van der Waals surface area (Å²) in [6, 6.07) is 5.20. The van der Waals surface area contributed by atoms with Gasteiger partial charge in [0.25, 0.3) is 5.91 Å². The number of nitrogens with two attached hydrogens (primary N) is 2. The Kier molecular flexibility index (Phi) is 3.71. The van der Waals surface area contributed by atoms with Gasteiger partial charge in [0, 0.05) is 11.1 Å². The van der Waals surface area contributed by atoms with Crippen molar-refractivity contribution in [1.82, 2.24) is 4.98 Å². The number of rotatable bonds is 4. The monoisotopic (exact) mass is 276 g/mol. The predicted octanol–water partition coefficient (Wildman–Crippen LogP) is 2.31. The van der Waals surface area contributed by atoms with E-state index < -0.39 is 5.91 Å². The number of benzene rings is 1. The van der Waals surface area contributed by atoms with E-state index in [0.29, 0.717) is 16.9 Å². The normalized spacial score (nSPS) is 12.1. The number of nitrogens with one attached hydrogen (secondary N) is 1. The number of nitrogens with zero attached hydrogens (tertiary/aromatic N) is 1. The Morgan fingerprint density at radius 2 is 2.21 bits per heavy atom. The Morgan fingerprint density at radius 3 is 2.79 bits per heavy atom. The lowest BCUT2D eigenvalue weighted by molar-refractivity contribution is 0.100. The number of aromatic nitrogens is 1. The first-order chi connectivity index (χ1) is 8.99. The Balaban J connectivity index is 2.24. The second-order valence-corrected chi connectivity index (χ2v) is 5.57. The fourth-order valence-corrected chi connectivity index (χ4v) is 2.55. The minimum Gasteiger partial charge on any atom is -0.396 e. The number of nitrogen functional groups attached to an aromatic ring is 1. The third kappa shape index (κ3) is 2.85. The summed E-state index contributed by atoms with van der Waals surface area (Å²) in [4.78, 5) is 16.7. The smallest absolute Gasteiger partial charge is 0.250 e. The molecule has 0 fully saturated rings. The fraction of sp³-hybridized carbons (Fsp3) is 0.231. The van der Waals surface area contributed by atoms with Crippen LogP contribution < -0.4 is 16.8 Å². The Bertz CT molecular complexity index is 608. The van der Waals surface area contributed by atoms with E-state index in [2.05, 4.69) is 10.3 Å². The first-order valence-corrected chi connectivity index (χ1v) is 6.68. The average molecular weight is 276 g/mol. The average Bonchev–Trinajstić information content (AvgIpc) is 2.78. The summed E-state index contributed by atoms with van der Waals surface area (Å²) in [6.45, 7) is 4.00. The van der Waals surface area contributed by atoms with Crippen molar-refractivity contribution in [2.45, 2.75) is 19.9 Å². The highest BCUT2D eigenvalue weighted by atomic mass is 32.1. The molecule has 5 nitrogen and oxygen atoms in total. The van der Waals surface area contributed by atoms with Gasteiger partial charge in [0.1, 0.15) is 5.01 Å². The quantitative estimate of drug-likeness (QED) is 0.747. The molecule has 5 N–H and O–H groups in total. The molecular formula is C13H16N4OS.